The van der Waals surface area contributed by atoms with Gasteiger partial charge in [-0.1, -0.05) is 18.6 Å². The second-order valence-corrected chi connectivity index (χ2v) is 11.3. The molecule has 1 saturated heterocycles. The fraction of sp³-hybridized carbons (Fsp3) is 0.462. The minimum absolute atomic E-state index is 0.0384. The Bertz CT molecular complexity index is 1280. The van der Waals surface area contributed by atoms with Gasteiger partial charge in [0, 0.05) is 50.9 Å². The molecule has 0 radical (unpaired) electrons. The number of fused-ring (bicyclic) bond motifs is 2. The molecular weight excluding hydrogens is 468 g/mol. The number of carbonyl (C=O) groups is 2. The molecule has 1 N–H and O–H groups in total. The van der Waals surface area contributed by atoms with Crippen molar-refractivity contribution in [2.24, 2.45) is 0 Å². The van der Waals surface area contributed by atoms with Crippen LogP contribution in [-0.2, 0) is 31.4 Å². The molecule has 35 heavy (non-hydrogen) atoms. The van der Waals surface area contributed by atoms with Crippen LogP contribution in [0.5, 0.6) is 11.5 Å². The number of sulfonamides is 1. The van der Waals surface area contributed by atoms with E-state index in [2.05, 4.69) is 4.72 Å². The molecule has 1 aliphatic heterocycles. The van der Waals surface area contributed by atoms with Gasteiger partial charge in [-0.3, -0.25) is 14.3 Å². The highest BCUT2D eigenvalue weighted by atomic mass is 32.2. The van der Waals surface area contributed by atoms with Crippen molar-refractivity contribution in [3.8, 4) is 11.5 Å². The highest BCUT2D eigenvalue weighted by Gasteiger charge is 2.51. The van der Waals surface area contributed by atoms with Crippen LogP contribution in [0.2, 0.25) is 0 Å². The maximum atomic E-state index is 13.3. The molecule has 5 rings (SSSR count). The fourth-order valence-electron chi connectivity index (χ4n) is 5.50. The summed E-state index contributed by atoms with van der Waals surface area (Å²) >= 11 is 0. The summed E-state index contributed by atoms with van der Waals surface area (Å²) in [4.78, 5) is 26.6. The van der Waals surface area contributed by atoms with Gasteiger partial charge >= 0.3 is 0 Å². The van der Waals surface area contributed by atoms with Crippen LogP contribution in [0.25, 0.3) is 0 Å². The zero-order valence-electron chi connectivity index (χ0n) is 20.0. The van der Waals surface area contributed by atoms with Crippen molar-refractivity contribution in [1.29, 1.82) is 0 Å². The number of ketones is 1. The molecule has 1 saturated carbocycles. The third-order valence-electron chi connectivity index (χ3n) is 7.59. The number of likely N-dealkylation sites (tertiary alicyclic amines) is 1. The minimum Gasteiger partial charge on any atom is -0.495 e. The summed E-state index contributed by atoms with van der Waals surface area (Å²) in [6.07, 6.45) is 4.09. The average Bonchev–Trinajstić information content (AvgIpc) is 3.11. The monoisotopic (exact) mass is 498 g/mol. The van der Waals surface area contributed by atoms with E-state index in [0.29, 0.717) is 43.8 Å². The molecular formula is C26H30N2O6S. The fourth-order valence-corrected chi connectivity index (χ4v) is 6.71. The van der Waals surface area contributed by atoms with Crippen LogP contribution in [0.1, 0.15) is 50.2 Å². The lowest BCUT2D eigenvalue weighted by Gasteiger charge is -2.38. The number of ether oxygens (including phenoxy) is 2. The first-order valence-corrected chi connectivity index (χ1v) is 13.5. The first-order chi connectivity index (χ1) is 16.7. The zero-order chi connectivity index (χ0) is 24.8. The number of para-hydroxylation sites is 1. The number of nitrogens with one attached hydrogen (secondary N) is 1. The van der Waals surface area contributed by atoms with E-state index in [-0.39, 0.29) is 28.4 Å². The van der Waals surface area contributed by atoms with Gasteiger partial charge in [-0.2, -0.15) is 0 Å². The Morgan fingerprint density at radius 2 is 1.83 bits per heavy atom. The van der Waals surface area contributed by atoms with Crippen LogP contribution in [0.3, 0.4) is 0 Å². The number of benzene rings is 2. The molecule has 2 fully saturated rings. The number of piperidine rings is 1. The highest BCUT2D eigenvalue weighted by Crippen LogP contribution is 2.53. The van der Waals surface area contributed by atoms with Gasteiger partial charge in [-0.15, -0.1) is 0 Å². The van der Waals surface area contributed by atoms with Gasteiger partial charge in [0.25, 0.3) is 10.0 Å². The maximum Gasteiger partial charge on any atom is 0.265 e. The number of hydrogen-bond donors (Lipinski definition) is 1. The van der Waals surface area contributed by atoms with Crippen molar-refractivity contribution in [3.05, 3.63) is 47.5 Å². The van der Waals surface area contributed by atoms with Gasteiger partial charge in [0.1, 0.15) is 28.3 Å². The Balaban J connectivity index is 1.49. The predicted octanol–water partition coefficient (Wildman–Crippen LogP) is 3.43. The second kappa shape index (κ2) is 8.86. The van der Waals surface area contributed by atoms with Crippen LogP contribution in [-0.4, -0.2) is 51.3 Å². The maximum absolute atomic E-state index is 13.3. The van der Waals surface area contributed by atoms with E-state index in [1.54, 1.807) is 42.2 Å². The summed E-state index contributed by atoms with van der Waals surface area (Å²) in [5.41, 5.74) is 1.58. The smallest absolute Gasteiger partial charge is 0.265 e. The molecule has 1 spiro atoms. The lowest BCUT2D eigenvalue weighted by Crippen LogP contribution is -2.40. The molecule has 8 nitrogen and oxygen atoms in total. The standard InChI is InChI=1S/C26H30N2O6S/c1-17(29)28-12-8-19(9-13-28)34-23-15-18(14-21-20(23)16-25(30)26(21)10-5-11-26)27-35(31,32)24-7-4-3-6-22(24)33-2/h3-4,6-7,14-15,19,27H,5,8-13,16H2,1-2H3. The quantitative estimate of drug-likeness (QED) is 0.655. The van der Waals surface area contributed by atoms with Crippen LogP contribution >= 0.6 is 0 Å². The summed E-state index contributed by atoms with van der Waals surface area (Å²) in [6, 6.07) is 9.94. The first-order valence-electron chi connectivity index (χ1n) is 12.0. The molecule has 0 unspecified atom stereocenters. The molecule has 2 aromatic carbocycles. The number of hydrogen-bond acceptors (Lipinski definition) is 6. The molecule has 2 aliphatic carbocycles. The third-order valence-corrected chi connectivity index (χ3v) is 9.02. The normalized spacial score (nSPS) is 19.3. The van der Waals surface area contributed by atoms with E-state index in [4.69, 9.17) is 9.47 Å². The predicted molar refractivity (Wildman–Crippen MR) is 130 cm³/mol. The number of methoxy groups -OCH3 is 1. The molecule has 1 amide bonds. The van der Waals surface area contributed by atoms with Crippen molar-refractivity contribution in [3.63, 3.8) is 0 Å². The SMILES string of the molecule is COc1ccccc1S(=O)(=O)Nc1cc(OC2CCN(C(C)=O)CC2)c2c(c1)C1(CCC1)C(=O)C2. The number of Topliss-reactive ketones (excluding diaryl/α,β-unsaturated/α-hetero) is 1. The van der Waals surface area contributed by atoms with E-state index in [0.717, 1.165) is 30.4 Å². The van der Waals surface area contributed by atoms with Crippen molar-refractivity contribution >= 4 is 27.4 Å². The first kappa shape index (κ1) is 23.7. The third kappa shape index (κ3) is 4.16. The van der Waals surface area contributed by atoms with Gasteiger partial charge in [0.15, 0.2) is 0 Å². The lowest BCUT2D eigenvalue weighted by molar-refractivity contribution is -0.130. The minimum atomic E-state index is -3.94. The van der Waals surface area contributed by atoms with E-state index < -0.39 is 15.4 Å². The second-order valence-electron chi connectivity index (χ2n) is 9.62. The van der Waals surface area contributed by atoms with Crippen LogP contribution in [0.4, 0.5) is 5.69 Å². The number of amides is 1. The van der Waals surface area contributed by atoms with E-state index in [1.165, 1.54) is 13.2 Å². The number of nitrogens with zero attached hydrogens (tertiary/aromatic N) is 1. The molecule has 9 heteroatoms. The molecule has 0 atom stereocenters. The molecule has 0 bridgehead atoms. The van der Waals surface area contributed by atoms with Crippen molar-refractivity contribution in [2.45, 2.75) is 61.9 Å². The van der Waals surface area contributed by atoms with Crippen molar-refractivity contribution in [2.75, 3.05) is 24.9 Å². The van der Waals surface area contributed by atoms with Gasteiger partial charge in [-0.05, 0) is 36.6 Å². The summed E-state index contributed by atoms with van der Waals surface area (Å²) in [5, 5.41) is 0. The van der Waals surface area contributed by atoms with Crippen LogP contribution in [0.15, 0.2) is 41.3 Å². The number of anilines is 1. The molecule has 1 heterocycles. The highest BCUT2D eigenvalue weighted by molar-refractivity contribution is 7.92. The molecule has 0 aromatic heterocycles. The number of rotatable bonds is 6. The Morgan fingerprint density at radius 1 is 1.11 bits per heavy atom. The largest absolute Gasteiger partial charge is 0.495 e. The zero-order valence-corrected chi connectivity index (χ0v) is 20.8. The number of carbonyl (C=O) groups excluding carboxylic acids is 2. The van der Waals surface area contributed by atoms with Gasteiger partial charge in [0.2, 0.25) is 5.91 Å². The Kier molecular flexibility index (Phi) is 5.99. The summed E-state index contributed by atoms with van der Waals surface area (Å²) < 4.78 is 40.8. The van der Waals surface area contributed by atoms with E-state index >= 15 is 0 Å². The van der Waals surface area contributed by atoms with E-state index in [1.807, 2.05) is 0 Å². The topological polar surface area (TPSA) is 102 Å². The Labute approximate surface area is 205 Å². The van der Waals surface area contributed by atoms with Gasteiger partial charge in [-0.25, -0.2) is 8.42 Å². The molecule has 3 aliphatic rings. The van der Waals surface area contributed by atoms with Crippen LogP contribution < -0.4 is 14.2 Å². The molecule has 2 aromatic rings. The Hall–Kier alpha value is -3.07. The summed E-state index contributed by atoms with van der Waals surface area (Å²) in [6.45, 7) is 2.80. The summed E-state index contributed by atoms with van der Waals surface area (Å²) in [7, 11) is -2.51. The van der Waals surface area contributed by atoms with Crippen LogP contribution in [0, 0.1) is 0 Å². The van der Waals surface area contributed by atoms with Gasteiger partial charge in [0.05, 0.1) is 18.2 Å². The van der Waals surface area contributed by atoms with Gasteiger partial charge < -0.3 is 14.4 Å². The Morgan fingerprint density at radius 3 is 2.46 bits per heavy atom. The van der Waals surface area contributed by atoms with Crippen molar-refractivity contribution in [1.82, 2.24) is 4.90 Å². The lowest BCUT2D eigenvalue weighted by atomic mass is 9.64. The summed E-state index contributed by atoms with van der Waals surface area (Å²) in [5.74, 6) is 1.04. The van der Waals surface area contributed by atoms with E-state index in [9.17, 15) is 18.0 Å². The average molecular weight is 499 g/mol. The van der Waals surface area contributed by atoms with Crippen molar-refractivity contribution < 1.29 is 27.5 Å². The molecule has 186 valence electrons.